The van der Waals surface area contributed by atoms with Crippen molar-refractivity contribution in [3.8, 4) is 0 Å². The Labute approximate surface area is 280 Å². The van der Waals surface area contributed by atoms with Crippen molar-refractivity contribution in [1.29, 1.82) is 0 Å². The first kappa shape index (κ1) is 36.8. The average Bonchev–Trinajstić information content (AvgIpc) is 3.52. The molecule has 0 fully saturated rings. The molecular weight excluding hydrogens is 591 g/mol. The van der Waals surface area contributed by atoms with Gasteiger partial charge in [-0.15, -0.1) is 11.3 Å². The summed E-state index contributed by atoms with van der Waals surface area (Å²) in [7, 11) is 4.23. The lowest BCUT2D eigenvalue weighted by molar-refractivity contribution is 0.103. The molecule has 3 N–H and O–H groups in total. The average molecular weight is 644 g/mol. The van der Waals surface area contributed by atoms with Gasteiger partial charge in [0.05, 0.1) is 4.88 Å². The summed E-state index contributed by atoms with van der Waals surface area (Å²) in [6.07, 6.45) is 7.95. The lowest BCUT2D eigenvalue weighted by atomic mass is 10.1. The second kappa shape index (κ2) is 18.5. The molecule has 0 unspecified atom stereocenters. The zero-order valence-electron chi connectivity index (χ0n) is 29.0. The first-order valence-corrected chi connectivity index (χ1v) is 17.0. The third-order valence-electron chi connectivity index (χ3n) is 7.73. The fourth-order valence-electron chi connectivity index (χ4n) is 4.89. The van der Waals surface area contributed by atoms with Gasteiger partial charge in [0.1, 0.15) is 0 Å². The second-order valence-corrected chi connectivity index (χ2v) is 13.2. The van der Waals surface area contributed by atoms with E-state index in [1.54, 1.807) is 0 Å². The second-order valence-electron chi connectivity index (χ2n) is 12.2. The number of nitrogens with one attached hydrogen (secondary N) is 3. The van der Waals surface area contributed by atoms with Crippen molar-refractivity contribution in [3.63, 3.8) is 0 Å². The van der Waals surface area contributed by atoms with Gasteiger partial charge in [0, 0.05) is 53.8 Å². The van der Waals surface area contributed by atoms with Crippen LogP contribution in [0.3, 0.4) is 0 Å². The summed E-state index contributed by atoms with van der Waals surface area (Å²) < 4.78 is 0. The predicted octanol–water partition coefficient (Wildman–Crippen LogP) is 7.39. The van der Waals surface area contributed by atoms with Gasteiger partial charge in [0.25, 0.3) is 5.91 Å². The molecule has 0 radical (unpaired) electrons. The summed E-state index contributed by atoms with van der Waals surface area (Å²) in [5.41, 5.74) is 6.97. The number of anilines is 2. The molecule has 1 atom stereocenters. The van der Waals surface area contributed by atoms with E-state index in [1.807, 2.05) is 57.3 Å². The van der Waals surface area contributed by atoms with Crippen LogP contribution in [0.25, 0.3) is 5.57 Å². The Hall–Kier alpha value is -3.63. The summed E-state index contributed by atoms with van der Waals surface area (Å²) in [6.45, 7) is 21.5. The Morgan fingerprint density at radius 2 is 1.83 bits per heavy atom. The zero-order valence-corrected chi connectivity index (χ0v) is 29.9. The number of carbonyl (C=O) groups is 1. The molecule has 0 aliphatic heterocycles. The highest BCUT2D eigenvalue weighted by Gasteiger charge is 2.12. The topological polar surface area (TPSA) is 85.4 Å². The summed E-state index contributed by atoms with van der Waals surface area (Å²) in [5.74, 6) is 0.490. The van der Waals surface area contributed by atoms with Gasteiger partial charge in [-0.3, -0.25) is 4.79 Å². The van der Waals surface area contributed by atoms with E-state index >= 15 is 0 Å². The maximum absolute atomic E-state index is 12.9. The number of carbonyl (C=O) groups excluding carboxylic acids is 1. The quantitative estimate of drug-likeness (QED) is 0.125. The molecule has 9 heteroatoms. The van der Waals surface area contributed by atoms with E-state index in [2.05, 4.69) is 90.4 Å². The number of allylic oxidation sites excluding steroid dienone is 3. The third kappa shape index (κ3) is 12.3. The maximum Gasteiger partial charge on any atom is 0.265 e. The molecule has 1 amide bonds. The Morgan fingerprint density at radius 1 is 1.07 bits per heavy atom. The molecule has 0 spiro atoms. The number of rotatable bonds is 18. The number of thiophene rings is 1. The van der Waals surface area contributed by atoms with Gasteiger partial charge in [-0.2, -0.15) is 0 Å². The Balaban J connectivity index is 1.58. The van der Waals surface area contributed by atoms with Gasteiger partial charge in [-0.1, -0.05) is 25.6 Å². The zero-order chi connectivity index (χ0) is 33.6. The number of hydrogen-bond acceptors (Lipinski definition) is 8. The third-order valence-corrected chi connectivity index (χ3v) is 8.95. The maximum atomic E-state index is 12.9. The molecule has 0 aliphatic rings. The van der Waals surface area contributed by atoms with Gasteiger partial charge >= 0.3 is 0 Å². The molecule has 2 heterocycles. The fourth-order valence-corrected chi connectivity index (χ4v) is 5.82. The van der Waals surface area contributed by atoms with Gasteiger partial charge in [0.15, 0.2) is 0 Å². The number of amides is 1. The van der Waals surface area contributed by atoms with Crippen molar-refractivity contribution >= 4 is 34.5 Å². The van der Waals surface area contributed by atoms with Crippen molar-refractivity contribution in [3.05, 3.63) is 99.2 Å². The minimum absolute atomic E-state index is 0.0440. The molecule has 3 aromatic rings. The van der Waals surface area contributed by atoms with Crippen LogP contribution in [0.2, 0.25) is 0 Å². The highest BCUT2D eigenvalue weighted by molar-refractivity contribution is 7.15. The Bertz CT molecular complexity index is 1510. The molecule has 0 saturated heterocycles. The molecular formula is C37H53N7OS. The minimum atomic E-state index is -0.0904. The number of aromatic nitrogens is 2. The standard InChI is InChI=1S/C37H53N7OS/c1-10-28(6)34-14-15-35(46-34)36(45)40-32-22-27(5)21-30(24-32)25-39-29(7)23-33(26(3)4)42-37-38-17-16-31(41-37)13-12-18-44(11-2)20-19-43(8)9/h10,14-17,21-24,29,39H,3,11-13,18-20,25H2,1-2,4-9H3,(H,40,45)(H,38,41,42)/b28-10+,33-23+/t29-/m1/s1. The summed E-state index contributed by atoms with van der Waals surface area (Å²) in [6, 6.07) is 12.1. The van der Waals surface area contributed by atoms with Crippen molar-refractivity contribution in [2.24, 2.45) is 0 Å². The Kier molecular flexibility index (Phi) is 14.8. The molecule has 1 aromatic carbocycles. The van der Waals surface area contributed by atoms with Gasteiger partial charge in [0.2, 0.25) is 5.95 Å². The van der Waals surface area contributed by atoms with Crippen LogP contribution < -0.4 is 16.0 Å². The summed E-state index contributed by atoms with van der Waals surface area (Å²) in [4.78, 5) is 28.7. The van der Waals surface area contributed by atoms with Crippen molar-refractivity contribution in [2.75, 3.05) is 50.9 Å². The molecule has 2 aromatic heterocycles. The molecule has 3 rings (SSSR count). The van der Waals surface area contributed by atoms with E-state index in [0.29, 0.717) is 17.4 Å². The van der Waals surface area contributed by atoms with E-state index in [1.165, 1.54) is 16.9 Å². The first-order chi connectivity index (χ1) is 22.0. The molecule has 0 aliphatic carbocycles. The number of benzene rings is 1. The normalized spacial score (nSPS) is 12.9. The van der Waals surface area contributed by atoms with Crippen LogP contribution >= 0.6 is 11.3 Å². The Morgan fingerprint density at radius 3 is 2.52 bits per heavy atom. The van der Waals surface area contributed by atoms with Crippen LogP contribution in [0.4, 0.5) is 11.6 Å². The number of likely N-dealkylation sites (N-methyl/N-ethyl adjacent to an activating group) is 2. The van der Waals surface area contributed by atoms with Crippen molar-refractivity contribution < 1.29 is 4.79 Å². The summed E-state index contributed by atoms with van der Waals surface area (Å²) >= 11 is 1.51. The largest absolute Gasteiger partial charge is 0.324 e. The van der Waals surface area contributed by atoms with E-state index in [9.17, 15) is 4.79 Å². The van der Waals surface area contributed by atoms with E-state index in [-0.39, 0.29) is 11.9 Å². The van der Waals surface area contributed by atoms with Crippen LogP contribution in [0.1, 0.15) is 72.4 Å². The molecule has 46 heavy (non-hydrogen) atoms. The molecule has 8 nitrogen and oxygen atoms in total. The molecule has 0 bridgehead atoms. The smallest absolute Gasteiger partial charge is 0.265 e. The number of nitrogens with zero attached hydrogens (tertiary/aromatic N) is 4. The van der Waals surface area contributed by atoms with Gasteiger partial charge < -0.3 is 25.8 Å². The SMILES string of the molecule is C=C(C)/C(=C\[C@@H](C)NCc1cc(C)cc(NC(=O)c2ccc(/C(C)=C/C)s2)c1)Nc1nccc(CCCN(CC)CCN(C)C)n1. The monoisotopic (exact) mass is 643 g/mol. The van der Waals surface area contributed by atoms with E-state index < -0.39 is 0 Å². The number of hydrogen-bond donors (Lipinski definition) is 3. The minimum Gasteiger partial charge on any atom is -0.324 e. The first-order valence-electron chi connectivity index (χ1n) is 16.2. The van der Waals surface area contributed by atoms with Crippen LogP contribution in [0, 0.1) is 6.92 Å². The van der Waals surface area contributed by atoms with Crippen LogP contribution in [0.15, 0.2) is 72.6 Å². The van der Waals surface area contributed by atoms with Gasteiger partial charge in [-0.25, -0.2) is 9.97 Å². The van der Waals surface area contributed by atoms with Crippen LogP contribution in [-0.2, 0) is 13.0 Å². The van der Waals surface area contributed by atoms with Crippen molar-refractivity contribution in [2.45, 2.75) is 67.0 Å². The lowest BCUT2D eigenvalue weighted by Gasteiger charge is -2.22. The van der Waals surface area contributed by atoms with E-state index in [4.69, 9.17) is 4.98 Å². The van der Waals surface area contributed by atoms with Crippen molar-refractivity contribution in [1.82, 2.24) is 25.1 Å². The highest BCUT2D eigenvalue weighted by atomic mass is 32.1. The van der Waals surface area contributed by atoms with Crippen LogP contribution in [-0.4, -0.2) is 72.0 Å². The molecule has 248 valence electrons. The lowest BCUT2D eigenvalue weighted by Crippen LogP contribution is -2.32. The van der Waals surface area contributed by atoms with Gasteiger partial charge in [-0.05, 0) is 133 Å². The summed E-state index contributed by atoms with van der Waals surface area (Å²) in [5, 5.41) is 10.1. The number of aryl methyl sites for hydroxylation is 2. The fraction of sp³-hybridized carbons (Fsp3) is 0.432. The molecule has 0 saturated carbocycles. The predicted molar refractivity (Wildman–Crippen MR) is 197 cm³/mol. The van der Waals surface area contributed by atoms with Crippen LogP contribution in [0.5, 0.6) is 0 Å². The van der Waals surface area contributed by atoms with E-state index in [0.717, 1.165) is 77.7 Å². The highest BCUT2D eigenvalue weighted by Crippen LogP contribution is 2.25.